The van der Waals surface area contributed by atoms with Crippen LogP contribution in [0.3, 0.4) is 0 Å². The van der Waals surface area contributed by atoms with Gasteiger partial charge < -0.3 is 5.32 Å². The fourth-order valence-electron chi connectivity index (χ4n) is 3.26. The molecule has 0 aliphatic carbocycles. The molecule has 0 saturated carbocycles. The van der Waals surface area contributed by atoms with Crippen molar-refractivity contribution in [1.29, 1.82) is 5.26 Å². The summed E-state index contributed by atoms with van der Waals surface area (Å²) < 4.78 is 25.0. The van der Waals surface area contributed by atoms with Crippen LogP contribution in [0.2, 0.25) is 0 Å². The van der Waals surface area contributed by atoms with Crippen molar-refractivity contribution in [3.63, 3.8) is 0 Å². The summed E-state index contributed by atoms with van der Waals surface area (Å²) in [5, 5.41) is 11.8. The van der Waals surface area contributed by atoms with Gasteiger partial charge in [0, 0.05) is 32.0 Å². The van der Waals surface area contributed by atoms with Crippen LogP contribution in [0.25, 0.3) is 5.52 Å². The molecule has 3 aromatic rings. The molecule has 1 aliphatic heterocycles. The second-order valence-electron chi connectivity index (χ2n) is 6.73. The molecule has 1 saturated heterocycles. The molecule has 3 aromatic heterocycles. The Hall–Kier alpha value is -3.29. The molecule has 0 bridgehead atoms. The van der Waals surface area contributed by atoms with E-state index in [9.17, 15) is 18.5 Å². The fourth-order valence-corrected chi connectivity index (χ4v) is 4.53. The van der Waals surface area contributed by atoms with Crippen LogP contribution in [-0.2, 0) is 16.4 Å². The van der Waals surface area contributed by atoms with E-state index in [1.54, 1.807) is 28.8 Å². The third-order valence-corrected chi connectivity index (χ3v) is 6.41. The first-order chi connectivity index (χ1) is 14.0. The van der Waals surface area contributed by atoms with Gasteiger partial charge in [-0.25, -0.2) is 18.4 Å². The third-order valence-electron chi connectivity index (χ3n) is 4.80. The number of hydrogen-bond donors (Lipinski definition) is 1. The second-order valence-corrected chi connectivity index (χ2v) is 9.04. The van der Waals surface area contributed by atoms with Crippen molar-refractivity contribution in [1.82, 2.24) is 19.3 Å². The van der Waals surface area contributed by atoms with E-state index in [2.05, 4.69) is 15.3 Å². The number of nitrogens with one attached hydrogen (secondary N) is 1. The Balaban J connectivity index is 1.62. The average Bonchev–Trinajstić information content (AvgIpc) is 3.09. The Morgan fingerprint density at radius 3 is 2.76 bits per heavy atom. The Bertz CT molecular complexity index is 1210. The minimum Gasteiger partial charge on any atom is -0.303 e. The molecule has 1 amide bonds. The van der Waals surface area contributed by atoms with Crippen LogP contribution in [-0.4, -0.2) is 58.2 Å². The number of rotatable bonds is 4. The molecule has 0 unspecified atom stereocenters. The fraction of sp³-hybridized carbons (Fsp3) is 0.263. The van der Waals surface area contributed by atoms with Crippen molar-refractivity contribution in [3.05, 3.63) is 59.8 Å². The standard InChI is InChI=1S/C19H18N6O3S/c20-12-14-4-3-6-21-17(14)23-19(26)18-22-15(16-5-1-2-7-25(16)18)13-24-8-10-29(27,28)11-9-24/h1-7H,8-11,13H2,(H,21,23,26). The zero-order valence-corrected chi connectivity index (χ0v) is 16.3. The molecule has 0 atom stereocenters. The van der Waals surface area contributed by atoms with Gasteiger partial charge in [0.2, 0.25) is 5.82 Å². The number of fused-ring (bicyclic) bond motifs is 1. The van der Waals surface area contributed by atoms with E-state index >= 15 is 0 Å². The van der Waals surface area contributed by atoms with Crippen LogP contribution in [0.1, 0.15) is 21.9 Å². The van der Waals surface area contributed by atoms with Crippen molar-refractivity contribution < 1.29 is 13.2 Å². The maximum atomic E-state index is 12.9. The van der Waals surface area contributed by atoms with Gasteiger partial charge in [0.25, 0.3) is 5.91 Å². The van der Waals surface area contributed by atoms with Crippen LogP contribution >= 0.6 is 0 Å². The van der Waals surface area contributed by atoms with Crippen LogP contribution in [0.5, 0.6) is 0 Å². The smallest absolute Gasteiger partial charge is 0.293 e. The van der Waals surface area contributed by atoms with E-state index in [0.717, 1.165) is 5.52 Å². The zero-order valence-electron chi connectivity index (χ0n) is 15.4. The Morgan fingerprint density at radius 2 is 2.00 bits per heavy atom. The lowest BCUT2D eigenvalue weighted by Crippen LogP contribution is -2.39. The number of hydrogen-bond acceptors (Lipinski definition) is 7. The van der Waals surface area contributed by atoms with Crippen LogP contribution in [0.4, 0.5) is 5.82 Å². The Kier molecular flexibility index (Phi) is 5.00. The molecular weight excluding hydrogens is 392 g/mol. The normalized spacial score (nSPS) is 16.4. The van der Waals surface area contributed by atoms with Crippen molar-refractivity contribution in [2.24, 2.45) is 0 Å². The van der Waals surface area contributed by atoms with Gasteiger partial charge >= 0.3 is 0 Å². The number of anilines is 1. The summed E-state index contributed by atoms with van der Waals surface area (Å²) in [6.45, 7) is 1.33. The lowest BCUT2D eigenvalue weighted by Gasteiger charge is -2.25. The first-order valence-corrected chi connectivity index (χ1v) is 10.8. The van der Waals surface area contributed by atoms with Gasteiger partial charge in [-0.3, -0.25) is 14.1 Å². The van der Waals surface area contributed by atoms with E-state index in [-0.39, 0.29) is 28.7 Å². The molecule has 0 spiro atoms. The van der Waals surface area contributed by atoms with Gasteiger partial charge in [-0.15, -0.1) is 0 Å². The lowest BCUT2D eigenvalue weighted by atomic mass is 10.3. The minimum absolute atomic E-state index is 0.128. The summed E-state index contributed by atoms with van der Waals surface area (Å²) >= 11 is 0. The molecular formula is C19H18N6O3S. The van der Waals surface area contributed by atoms with Gasteiger partial charge in [-0.2, -0.15) is 5.26 Å². The molecule has 4 heterocycles. The highest BCUT2D eigenvalue weighted by Crippen LogP contribution is 2.18. The van der Waals surface area contributed by atoms with E-state index in [0.29, 0.717) is 25.3 Å². The molecule has 0 radical (unpaired) electrons. The molecule has 148 valence electrons. The first-order valence-electron chi connectivity index (χ1n) is 9.02. The molecule has 1 aliphatic rings. The van der Waals surface area contributed by atoms with Crippen molar-refractivity contribution in [3.8, 4) is 6.07 Å². The molecule has 9 nitrogen and oxygen atoms in total. The Labute approximate surface area is 167 Å². The maximum absolute atomic E-state index is 12.9. The van der Waals surface area contributed by atoms with Crippen molar-refractivity contribution in [2.75, 3.05) is 29.9 Å². The highest BCUT2D eigenvalue weighted by molar-refractivity contribution is 7.91. The van der Waals surface area contributed by atoms with E-state index in [1.165, 1.54) is 6.20 Å². The van der Waals surface area contributed by atoms with Gasteiger partial charge in [-0.05, 0) is 24.3 Å². The largest absolute Gasteiger partial charge is 0.303 e. The quantitative estimate of drug-likeness (QED) is 0.683. The van der Waals surface area contributed by atoms with Gasteiger partial charge in [-0.1, -0.05) is 6.07 Å². The number of nitriles is 1. The number of nitrogens with zero attached hydrogens (tertiary/aromatic N) is 5. The van der Waals surface area contributed by atoms with Crippen LogP contribution < -0.4 is 5.32 Å². The molecule has 1 fully saturated rings. The van der Waals surface area contributed by atoms with Crippen molar-refractivity contribution >= 4 is 27.1 Å². The monoisotopic (exact) mass is 410 g/mol. The number of imidazole rings is 1. The summed E-state index contributed by atoms with van der Waals surface area (Å²) in [6.07, 6.45) is 3.24. The highest BCUT2D eigenvalue weighted by Gasteiger charge is 2.24. The summed E-state index contributed by atoms with van der Waals surface area (Å²) in [4.78, 5) is 23.4. The summed E-state index contributed by atoms with van der Waals surface area (Å²) in [5.41, 5.74) is 1.72. The summed E-state index contributed by atoms with van der Waals surface area (Å²) in [6, 6.07) is 10.7. The van der Waals surface area contributed by atoms with Gasteiger partial charge in [0.1, 0.15) is 6.07 Å². The van der Waals surface area contributed by atoms with E-state index in [1.807, 2.05) is 23.1 Å². The maximum Gasteiger partial charge on any atom is 0.293 e. The summed E-state index contributed by atoms with van der Waals surface area (Å²) in [7, 11) is -2.96. The summed E-state index contributed by atoms with van der Waals surface area (Å²) in [5.74, 6) is 0.130. The second kappa shape index (κ2) is 7.62. The number of carbonyl (C=O) groups excluding carboxylic acids is 1. The molecule has 4 rings (SSSR count). The van der Waals surface area contributed by atoms with E-state index in [4.69, 9.17) is 0 Å². The number of sulfone groups is 1. The van der Waals surface area contributed by atoms with Crippen LogP contribution in [0, 0.1) is 11.3 Å². The predicted molar refractivity (Wildman–Crippen MR) is 106 cm³/mol. The topological polar surface area (TPSA) is 120 Å². The number of carbonyl (C=O) groups is 1. The molecule has 10 heteroatoms. The molecule has 1 N–H and O–H groups in total. The predicted octanol–water partition coefficient (Wildman–Crippen LogP) is 1.08. The number of aromatic nitrogens is 3. The van der Waals surface area contributed by atoms with Crippen LogP contribution in [0.15, 0.2) is 42.7 Å². The third kappa shape index (κ3) is 3.96. The van der Waals surface area contributed by atoms with Gasteiger partial charge in [0.05, 0.1) is 28.3 Å². The van der Waals surface area contributed by atoms with E-state index < -0.39 is 15.7 Å². The molecule has 29 heavy (non-hydrogen) atoms. The zero-order chi connectivity index (χ0) is 20.4. The SMILES string of the molecule is N#Cc1cccnc1NC(=O)c1nc(CN2CCS(=O)(=O)CC2)c2ccccn12. The first kappa shape index (κ1) is 19.0. The lowest BCUT2D eigenvalue weighted by molar-refractivity contribution is 0.101. The number of amides is 1. The van der Waals surface area contributed by atoms with Crippen molar-refractivity contribution in [2.45, 2.75) is 6.54 Å². The number of pyridine rings is 2. The molecule has 0 aromatic carbocycles. The Morgan fingerprint density at radius 1 is 1.21 bits per heavy atom. The highest BCUT2D eigenvalue weighted by atomic mass is 32.2. The average molecular weight is 410 g/mol. The van der Waals surface area contributed by atoms with Gasteiger partial charge in [0.15, 0.2) is 15.7 Å². The minimum atomic E-state index is -2.96.